The molecule has 160 valence electrons. The van der Waals surface area contributed by atoms with E-state index in [-0.39, 0.29) is 35.3 Å². The first kappa shape index (κ1) is 22.7. The highest BCUT2D eigenvalue weighted by atomic mass is 19.4. The molecule has 0 unspecified atom stereocenters. The number of nitrogen functional groups attached to an aromatic ring is 1. The Hall–Kier alpha value is -3.59. The number of benzene rings is 1. The summed E-state index contributed by atoms with van der Waals surface area (Å²) in [6.07, 6.45) is -4.60. The van der Waals surface area contributed by atoms with Crippen LogP contribution < -0.4 is 21.5 Å². The van der Waals surface area contributed by atoms with Gasteiger partial charge in [0.15, 0.2) is 5.54 Å². The molecule has 0 spiro atoms. The summed E-state index contributed by atoms with van der Waals surface area (Å²) in [5, 5.41) is 12.4. The number of hydrogen-bond acceptors (Lipinski definition) is 8. The summed E-state index contributed by atoms with van der Waals surface area (Å²) in [6, 6.07) is 6.05. The first-order valence-corrected chi connectivity index (χ1v) is 8.46. The van der Waals surface area contributed by atoms with Crippen LogP contribution >= 0.6 is 0 Å². The van der Waals surface area contributed by atoms with Crippen molar-refractivity contribution in [1.29, 1.82) is 5.26 Å². The molecule has 1 aromatic heterocycles. The minimum absolute atomic E-state index is 0.0643. The van der Waals surface area contributed by atoms with E-state index in [0.717, 1.165) is 12.1 Å². The van der Waals surface area contributed by atoms with Crippen molar-refractivity contribution in [2.75, 3.05) is 38.8 Å². The maximum atomic E-state index is 13.1. The number of anilines is 2. The van der Waals surface area contributed by atoms with Crippen molar-refractivity contribution in [1.82, 2.24) is 14.9 Å². The first-order valence-electron chi connectivity index (χ1n) is 8.46. The smallest absolute Gasteiger partial charge is 0.416 e. The lowest BCUT2D eigenvalue weighted by atomic mass is 9.89. The molecule has 1 heterocycles. The van der Waals surface area contributed by atoms with Crippen LogP contribution in [0.4, 0.5) is 24.8 Å². The highest BCUT2D eigenvalue weighted by Crippen LogP contribution is 2.35. The SMILES string of the molecule is COc1nc(N)nc([C@@](CN(C)C)(Nc2cccc(C(F)(F)F)c2)C(N)=O)c1C#N. The second-order valence-electron chi connectivity index (χ2n) is 6.64. The predicted octanol–water partition coefficient (Wildman–Crippen LogP) is 1.31. The third kappa shape index (κ3) is 4.52. The molecule has 1 aromatic carbocycles. The first-order chi connectivity index (χ1) is 13.9. The summed E-state index contributed by atoms with van der Waals surface area (Å²) in [5.74, 6) is -1.50. The van der Waals surface area contributed by atoms with E-state index in [0.29, 0.717) is 0 Å². The van der Waals surface area contributed by atoms with E-state index in [2.05, 4.69) is 15.3 Å². The van der Waals surface area contributed by atoms with Gasteiger partial charge in [-0.3, -0.25) is 4.79 Å². The van der Waals surface area contributed by atoms with Gasteiger partial charge in [0, 0.05) is 12.2 Å². The lowest BCUT2D eigenvalue weighted by Gasteiger charge is -2.35. The number of likely N-dealkylation sites (N-methyl/N-ethyl adjacent to an activating group) is 1. The van der Waals surface area contributed by atoms with Gasteiger partial charge in [0.2, 0.25) is 11.8 Å². The standard InChI is InChI=1S/C18H20F3N7O2/c1-28(2)9-17(15(23)29,13-12(8-22)14(30-3)26-16(24)25-13)27-11-6-4-5-10(7-11)18(19,20)21/h4-7,27H,9H2,1-3H3,(H2,23,29)(H2,24,25,26)/t17-/m1/s1. The highest BCUT2D eigenvalue weighted by molar-refractivity contribution is 5.90. The Morgan fingerprint density at radius 1 is 1.33 bits per heavy atom. The Balaban J connectivity index is 2.78. The molecular formula is C18H20F3N7O2. The monoisotopic (exact) mass is 423 g/mol. The van der Waals surface area contributed by atoms with Gasteiger partial charge in [-0.1, -0.05) is 6.07 Å². The number of nitrogens with zero attached hydrogens (tertiary/aromatic N) is 4. The van der Waals surface area contributed by atoms with Crippen molar-refractivity contribution in [2.45, 2.75) is 11.7 Å². The van der Waals surface area contributed by atoms with Crippen LogP contribution in [0.2, 0.25) is 0 Å². The molecule has 9 nitrogen and oxygen atoms in total. The Bertz CT molecular complexity index is 989. The van der Waals surface area contributed by atoms with E-state index in [1.807, 2.05) is 6.07 Å². The number of rotatable bonds is 7. The van der Waals surface area contributed by atoms with Crippen LogP contribution in [0.5, 0.6) is 5.88 Å². The number of carbonyl (C=O) groups is 1. The largest absolute Gasteiger partial charge is 0.480 e. The molecule has 12 heteroatoms. The molecule has 0 aliphatic rings. The van der Waals surface area contributed by atoms with E-state index in [1.165, 1.54) is 19.2 Å². The Labute approximate surface area is 170 Å². The number of amides is 1. The van der Waals surface area contributed by atoms with Crippen LogP contribution in [0.3, 0.4) is 0 Å². The zero-order chi connectivity index (χ0) is 22.7. The van der Waals surface area contributed by atoms with Gasteiger partial charge in [0.05, 0.1) is 12.7 Å². The molecule has 30 heavy (non-hydrogen) atoms. The summed E-state index contributed by atoms with van der Waals surface area (Å²) in [6.45, 7) is -0.160. The average molecular weight is 423 g/mol. The van der Waals surface area contributed by atoms with Crippen molar-refractivity contribution >= 4 is 17.5 Å². The van der Waals surface area contributed by atoms with Crippen molar-refractivity contribution < 1.29 is 22.7 Å². The van der Waals surface area contributed by atoms with Crippen LogP contribution in [0.25, 0.3) is 0 Å². The average Bonchev–Trinajstić information content (AvgIpc) is 2.65. The van der Waals surface area contributed by atoms with Gasteiger partial charge in [0.1, 0.15) is 17.3 Å². The Kier molecular flexibility index (Phi) is 6.37. The molecule has 0 aliphatic carbocycles. The van der Waals surface area contributed by atoms with Gasteiger partial charge in [-0.25, -0.2) is 4.98 Å². The number of alkyl halides is 3. The fourth-order valence-corrected chi connectivity index (χ4v) is 2.94. The molecule has 5 N–H and O–H groups in total. The van der Waals surface area contributed by atoms with E-state index in [4.69, 9.17) is 16.2 Å². The number of methoxy groups -OCH3 is 1. The van der Waals surface area contributed by atoms with E-state index in [1.54, 1.807) is 19.0 Å². The molecular weight excluding hydrogens is 403 g/mol. The number of nitrogens with one attached hydrogen (secondary N) is 1. The summed E-state index contributed by atoms with van der Waals surface area (Å²) in [7, 11) is 4.46. The number of carbonyl (C=O) groups excluding carboxylic acids is 1. The Morgan fingerprint density at radius 2 is 2.00 bits per heavy atom. The molecule has 0 aliphatic heterocycles. The van der Waals surface area contributed by atoms with Crippen LogP contribution in [-0.2, 0) is 16.5 Å². The number of primary amides is 1. The van der Waals surface area contributed by atoms with E-state index >= 15 is 0 Å². The fraction of sp³-hybridized carbons (Fsp3) is 0.333. The minimum Gasteiger partial charge on any atom is -0.480 e. The van der Waals surface area contributed by atoms with Gasteiger partial charge >= 0.3 is 6.18 Å². The van der Waals surface area contributed by atoms with Crippen LogP contribution in [0.15, 0.2) is 24.3 Å². The summed E-state index contributed by atoms with van der Waals surface area (Å²) >= 11 is 0. The Morgan fingerprint density at radius 3 is 2.50 bits per heavy atom. The molecule has 0 radical (unpaired) electrons. The third-order valence-corrected chi connectivity index (χ3v) is 4.12. The molecule has 0 saturated heterocycles. The highest BCUT2D eigenvalue weighted by Gasteiger charge is 2.44. The fourth-order valence-electron chi connectivity index (χ4n) is 2.94. The van der Waals surface area contributed by atoms with Crippen molar-refractivity contribution in [3.63, 3.8) is 0 Å². The quantitative estimate of drug-likeness (QED) is 0.605. The number of nitrogens with two attached hydrogens (primary N) is 2. The van der Waals surface area contributed by atoms with Gasteiger partial charge in [-0.15, -0.1) is 0 Å². The third-order valence-electron chi connectivity index (χ3n) is 4.12. The van der Waals surface area contributed by atoms with Crippen LogP contribution in [0.1, 0.15) is 16.8 Å². The lowest BCUT2D eigenvalue weighted by molar-refractivity contribution is -0.137. The van der Waals surface area contributed by atoms with E-state index < -0.39 is 23.2 Å². The summed E-state index contributed by atoms with van der Waals surface area (Å²) in [5.41, 5.74) is 8.02. The maximum absolute atomic E-state index is 13.1. The van der Waals surface area contributed by atoms with Gasteiger partial charge in [0.25, 0.3) is 5.91 Å². The summed E-state index contributed by atoms with van der Waals surface area (Å²) < 4.78 is 44.5. The molecule has 2 aromatic rings. The molecule has 0 fully saturated rings. The second-order valence-corrected chi connectivity index (χ2v) is 6.64. The minimum atomic E-state index is -4.60. The second kappa shape index (κ2) is 8.42. The van der Waals surface area contributed by atoms with Crippen LogP contribution in [-0.4, -0.2) is 48.5 Å². The normalized spacial score (nSPS) is 13.4. The van der Waals surface area contributed by atoms with Gasteiger partial charge < -0.3 is 26.4 Å². The topological polar surface area (TPSA) is 143 Å². The molecule has 1 atom stereocenters. The van der Waals surface area contributed by atoms with Gasteiger partial charge in [-0.05, 0) is 32.3 Å². The zero-order valence-corrected chi connectivity index (χ0v) is 16.4. The van der Waals surface area contributed by atoms with Crippen molar-refractivity contribution in [3.8, 4) is 11.9 Å². The molecule has 1 amide bonds. The zero-order valence-electron chi connectivity index (χ0n) is 16.4. The number of ether oxygens (including phenoxy) is 1. The number of halogens is 3. The predicted molar refractivity (Wildman–Crippen MR) is 102 cm³/mol. The van der Waals surface area contributed by atoms with E-state index in [9.17, 15) is 23.2 Å². The maximum Gasteiger partial charge on any atom is 0.416 e. The van der Waals surface area contributed by atoms with Gasteiger partial charge in [-0.2, -0.15) is 23.4 Å². The van der Waals surface area contributed by atoms with Crippen molar-refractivity contribution in [3.05, 3.63) is 41.1 Å². The molecule has 0 bridgehead atoms. The molecule has 2 rings (SSSR count). The number of nitriles is 1. The molecule has 0 saturated carbocycles. The van der Waals surface area contributed by atoms with Crippen molar-refractivity contribution in [2.24, 2.45) is 5.73 Å². The van der Waals surface area contributed by atoms with Crippen LogP contribution in [0, 0.1) is 11.3 Å². The number of hydrogen-bond donors (Lipinski definition) is 3. The lowest BCUT2D eigenvalue weighted by Crippen LogP contribution is -2.55. The summed E-state index contributed by atoms with van der Waals surface area (Å²) in [4.78, 5) is 22.1. The number of aromatic nitrogens is 2.